The molecule has 1 aromatic carbocycles. The molecule has 0 aliphatic carbocycles. The molecule has 3 N–H and O–H groups in total. The Morgan fingerprint density at radius 2 is 2.00 bits per heavy atom. The zero-order valence-corrected chi connectivity index (χ0v) is 12.7. The van der Waals surface area contributed by atoms with E-state index in [0.717, 1.165) is 0 Å². The second kappa shape index (κ2) is 7.28. The lowest BCUT2D eigenvalue weighted by Gasteiger charge is -2.08. The SMILES string of the molecule is CC(C)CCS(=O)(=O)CCC(=O)Nc1cccc(N)c1. The van der Waals surface area contributed by atoms with Crippen LogP contribution in [-0.2, 0) is 14.6 Å². The van der Waals surface area contributed by atoms with Gasteiger partial charge in [-0.25, -0.2) is 8.42 Å². The van der Waals surface area contributed by atoms with Crippen molar-refractivity contribution < 1.29 is 13.2 Å². The van der Waals surface area contributed by atoms with Crippen molar-refractivity contribution in [3.63, 3.8) is 0 Å². The third kappa shape index (κ3) is 6.56. The minimum atomic E-state index is -3.16. The average Bonchev–Trinajstić information content (AvgIpc) is 2.34. The third-order valence-corrected chi connectivity index (χ3v) is 4.50. The number of nitrogen functional groups attached to an aromatic ring is 1. The summed E-state index contributed by atoms with van der Waals surface area (Å²) in [4.78, 5) is 11.7. The van der Waals surface area contributed by atoms with Gasteiger partial charge in [0.15, 0.2) is 9.84 Å². The number of carbonyl (C=O) groups excluding carboxylic acids is 1. The van der Waals surface area contributed by atoms with Gasteiger partial charge in [0.25, 0.3) is 0 Å². The Bertz CT molecular complexity index is 553. The summed E-state index contributed by atoms with van der Waals surface area (Å²) in [6.45, 7) is 3.95. The number of amides is 1. The number of anilines is 2. The molecule has 0 saturated carbocycles. The van der Waals surface area contributed by atoms with Crippen LogP contribution in [0.2, 0.25) is 0 Å². The zero-order chi connectivity index (χ0) is 15.2. The smallest absolute Gasteiger partial charge is 0.225 e. The van der Waals surface area contributed by atoms with Crippen LogP contribution in [0.4, 0.5) is 11.4 Å². The van der Waals surface area contributed by atoms with E-state index in [1.54, 1.807) is 24.3 Å². The van der Waals surface area contributed by atoms with E-state index in [4.69, 9.17) is 5.73 Å². The molecular formula is C14H22N2O3S. The van der Waals surface area contributed by atoms with E-state index >= 15 is 0 Å². The van der Waals surface area contributed by atoms with Gasteiger partial charge in [-0.15, -0.1) is 0 Å². The van der Waals surface area contributed by atoms with Crippen molar-refractivity contribution in [3.8, 4) is 0 Å². The molecule has 20 heavy (non-hydrogen) atoms. The van der Waals surface area contributed by atoms with E-state index in [0.29, 0.717) is 23.7 Å². The Balaban J connectivity index is 2.43. The molecule has 1 rings (SSSR count). The van der Waals surface area contributed by atoms with Gasteiger partial charge in [-0.05, 0) is 30.5 Å². The van der Waals surface area contributed by atoms with E-state index in [2.05, 4.69) is 5.32 Å². The van der Waals surface area contributed by atoms with Crippen molar-refractivity contribution in [2.45, 2.75) is 26.7 Å². The molecule has 0 saturated heterocycles. The number of benzene rings is 1. The Kier molecular flexibility index (Phi) is 6.01. The van der Waals surface area contributed by atoms with Crippen molar-refractivity contribution in [1.82, 2.24) is 0 Å². The molecule has 0 bridgehead atoms. The number of sulfone groups is 1. The lowest BCUT2D eigenvalue weighted by Crippen LogP contribution is -2.19. The second-order valence-electron chi connectivity index (χ2n) is 5.26. The van der Waals surface area contributed by atoms with Crippen LogP contribution in [0.3, 0.4) is 0 Å². The van der Waals surface area contributed by atoms with Gasteiger partial charge in [0.2, 0.25) is 5.91 Å². The van der Waals surface area contributed by atoms with Gasteiger partial charge >= 0.3 is 0 Å². The van der Waals surface area contributed by atoms with E-state index in [9.17, 15) is 13.2 Å². The molecule has 0 atom stereocenters. The highest BCUT2D eigenvalue weighted by Gasteiger charge is 2.14. The molecule has 0 spiro atoms. The summed E-state index contributed by atoms with van der Waals surface area (Å²) in [6, 6.07) is 6.78. The minimum absolute atomic E-state index is 0.0325. The second-order valence-corrected chi connectivity index (χ2v) is 7.56. The van der Waals surface area contributed by atoms with Crippen molar-refractivity contribution in [3.05, 3.63) is 24.3 Å². The summed E-state index contributed by atoms with van der Waals surface area (Å²) in [6.07, 6.45) is 0.592. The molecule has 112 valence electrons. The molecule has 0 aliphatic rings. The molecule has 0 unspecified atom stereocenters. The van der Waals surface area contributed by atoms with E-state index in [1.165, 1.54) is 0 Å². The Labute approximate surface area is 120 Å². The Hall–Kier alpha value is -1.56. The first-order valence-electron chi connectivity index (χ1n) is 6.64. The molecule has 5 nitrogen and oxygen atoms in total. The molecule has 0 fully saturated rings. The van der Waals surface area contributed by atoms with Crippen LogP contribution in [0, 0.1) is 5.92 Å². The largest absolute Gasteiger partial charge is 0.399 e. The van der Waals surface area contributed by atoms with Gasteiger partial charge in [-0.1, -0.05) is 19.9 Å². The van der Waals surface area contributed by atoms with Crippen LogP contribution in [0.1, 0.15) is 26.7 Å². The van der Waals surface area contributed by atoms with E-state index < -0.39 is 9.84 Å². The zero-order valence-electron chi connectivity index (χ0n) is 11.9. The maximum atomic E-state index is 11.7. The number of nitrogens with two attached hydrogens (primary N) is 1. The summed E-state index contributed by atoms with van der Waals surface area (Å²) < 4.78 is 23.5. The molecule has 0 aliphatic heterocycles. The fraction of sp³-hybridized carbons (Fsp3) is 0.500. The van der Waals surface area contributed by atoms with Crippen molar-refractivity contribution in [2.24, 2.45) is 5.92 Å². The highest BCUT2D eigenvalue weighted by Crippen LogP contribution is 2.12. The fourth-order valence-corrected chi connectivity index (χ4v) is 3.14. The maximum Gasteiger partial charge on any atom is 0.225 e. The van der Waals surface area contributed by atoms with Gasteiger partial charge in [-0.3, -0.25) is 4.79 Å². The summed E-state index contributed by atoms with van der Waals surface area (Å²) in [5.74, 6) is 0.0408. The molecule has 0 aromatic heterocycles. The van der Waals surface area contributed by atoms with Crippen molar-refractivity contribution in [2.75, 3.05) is 22.6 Å². The van der Waals surface area contributed by atoms with Crippen LogP contribution in [0.5, 0.6) is 0 Å². The Morgan fingerprint density at radius 3 is 2.60 bits per heavy atom. The van der Waals surface area contributed by atoms with Crippen LogP contribution in [0.15, 0.2) is 24.3 Å². The van der Waals surface area contributed by atoms with Crippen molar-refractivity contribution in [1.29, 1.82) is 0 Å². The fourth-order valence-electron chi connectivity index (χ4n) is 1.61. The monoisotopic (exact) mass is 298 g/mol. The molecule has 0 heterocycles. The first-order chi connectivity index (χ1) is 9.28. The lowest BCUT2D eigenvalue weighted by molar-refractivity contribution is -0.115. The highest BCUT2D eigenvalue weighted by molar-refractivity contribution is 7.91. The van der Waals surface area contributed by atoms with Crippen LogP contribution in [-0.4, -0.2) is 25.8 Å². The number of hydrogen-bond donors (Lipinski definition) is 2. The average molecular weight is 298 g/mol. The first kappa shape index (κ1) is 16.5. The topological polar surface area (TPSA) is 89.3 Å². The minimum Gasteiger partial charge on any atom is -0.399 e. The van der Waals surface area contributed by atoms with Crippen LogP contribution < -0.4 is 11.1 Å². The number of hydrogen-bond acceptors (Lipinski definition) is 4. The maximum absolute atomic E-state index is 11.7. The highest BCUT2D eigenvalue weighted by atomic mass is 32.2. The van der Waals surface area contributed by atoms with Gasteiger partial charge in [0, 0.05) is 17.8 Å². The van der Waals surface area contributed by atoms with Gasteiger partial charge in [0.05, 0.1) is 11.5 Å². The normalized spacial score (nSPS) is 11.6. The summed E-state index contributed by atoms with van der Waals surface area (Å²) in [5, 5.41) is 2.64. The van der Waals surface area contributed by atoms with Gasteiger partial charge in [0.1, 0.15) is 0 Å². The third-order valence-electron chi connectivity index (χ3n) is 2.82. The molecule has 6 heteroatoms. The molecule has 1 amide bonds. The van der Waals surface area contributed by atoms with E-state index in [1.807, 2.05) is 13.8 Å². The standard InChI is InChI=1S/C14H22N2O3S/c1-11(2)6-8-20(18,19)9-7-14(17)16-13-5-3-4-12(15)10-13/h3-5,10-11H,6-9,15H2,1-2H3,(H,16,17). The van der Waals surface area contributed by atoms with Gasteiger partial charge < -0.3 is 11.1 Å². The predicted molar refractivity (Wildman–Crippen MR) is 82.2 cm³/mol. The number of carbonyl (C=O) groups is 1. The number of rotatable bonds is 7. The molecule has 1 aromatic rings. The summed E-state index contributed by atoms with van der Waals surface area (Å²) >= 11 is 0. The van der Waals surface area contributed by atoms with Crippen LogP contribution >= 0.6 is 0 Å². The van der Waals surface area contributed by atoms with Crippen molar-refractivity contribution >= 4 is 27.1 Å². The van der Waals surface area contributed by atoms with E-state index in [-0.39, 0.29) is 23.8 Å². The van der Waals surface area contributed by atoms with Gasteiger partial charge in [-0.2, -0.15) is 0 Å². The summed E-state index contributed by atoms with van der Waals surface area (Å²) in [7, 11) is -3.16. The Morgan fingerprint density at radius 1 is 1.30 bits per heavy atom. The summed E-state index contributed by atoms with van der Waals surface area (Å²) in [5.41, 5.74) is 6.72. The molecular weight excluding hydrogens is 276 g/mol. The first-order valence-corrected chi connectivity index (χ1v) is 8.46. The lowest BCUT2D eigenvalue weighted by atomic mass is 10.2. The quantitative estimate of drug-likeness (QED) is 0.754. The number of nitrogens with one attached hydrogen (secondary N) is 1. The van der Waals surface area contributed by atoms with Crippen LogP contribution in [0.25, 0.3) is 0 Å². The predicted octanol–water partition coefficient (Wildman–Crippen LogP) is 2.06. The molecule has 0 radical (unpaired) electrons.